The van der Waals surface area contributed by atoms with Crippen molar-refractivity contribution in [2.24, 2.45) is 0 Å². The maximum Gasteiger partial charge on any atom is 0.0294 e. The van der Waals surface area contributed by atoms with E-state index in [0.29, 0.717) is 6.04 Å². The van der Waals surface area contributed by atoms with Crippen LogP contribution in [0.1, 0.15) is 71.9 Å². The van der Waals surface area contributed by atoms with E-state index < -0.39 is 0 Å². The lowest BCUT2D eigenvalue weighted by Gasteiger charge is -2.13. The molecule has 0 aliphatic carbocycles. The van der Waals surface area contributed by atoms with Gasteiger partial charge in [-0.2, -0.15) is 0 Å². The van der Waals surface area contributed by atoms with Crippen LogP contribution >= 0.6 is 0 Å². The van der Waals surface area contributed by atoms with Crippen molar-refractivity contribution in [3.63, 3.8) is 0 Å². The maximum absolute atomic E-state index is 3.57. The lowest BCUT2D eigenvalue weighted by molar-refractivity contribution is 0.615. The Morgan fingerprint density at radius 3 is 2.08 bits per heavy atom. The highest BCUT2D eigenvalue weighted by Gasteiger charge is 2.01. The summed E-state index contributed by atoms with van der Waals surface area (Å²) in [5.41, 5.74) is 5.74. The van der Waals surface area contributed by atoms with Gasteiger partial charge < -0.3 is 5.32 Å². The van der Waals surface area contributed by atoms with Crippen LogP contribution in [-0.4, -0.2) is 6.54 Å². The molecule has 0 aliphatic rings. The molecule has 0 radical (unpaired) electrons. The molecule has 0 saturated heterocycles. The van der Waals surface area contributed by atoms with Crippen LogP contribution in [0.15, 0.2) is 65.3 Å². The van der Waals surface area contributed by atoms with Crippen LogP contribution in [0.2, 0.25) is 0 Å². The second-order valence-corrected chi connectivity index (χ2v) is 7.00. The van der Waals surface area contributed by atoms with Crippen LogP contribution < -0.4 is 5.32 Å². The second-order valence-electron chi connectivity index (χ2n) is 7.00. The van der Waals surface area contributed by atoms with Crippen molar-refractivity contribution in [1.29, 1.82) is 0 Å². The normalized spacial score (nSPS) is 13.7. The summed E-state index contributed by atoms with van der Waals surface area (Å²) >= 11 is 0. The fourth-order valence-corrected chi connectivity index (χ4v) is 2.61. The minimum absolute atomic E-state index is 0.396. The first-order chi connectivity index (χ1) is 11.5. The van der Waals surface area contributed by atoms with E-state index >= 15 is 0 Å². The van der Waals surface area contributed by atoms with E-state index in [1.807, 2.05) is 0 Å². The molecule has 0 aliphatic heterocycles. The van der Waals surface area contributed by atoms with Gasteiger partial charge in [0.2, 0.25) is 0 Å². The van der Waals surface area contributed by atoms with E-state index in [4.69, 9.17) is 0 Å². The molecule has 1 nitrogen and oxygen atoms in total. The molecule has 132 valence electrons. The molecule has 1 N–H and O–H groups in total. The summed E-state index contributed by atoms with van der Waals surface area (Å²) in [6, 6.07) is 11.0. The van der Waals surface area contributed by atoms with Gasteiger partial charge >= 0.3 is 0 Å². The fourth-order valence-electron chi connectivity index (χ4n) is 2.61. The zero-order chi connectivity index (χ0) is 17.8. The molecule has 0 saturated carbocycles. The first kappa shape index (κ1) is 20.4. The maximum atomic E-state index is 3.57. The van der Waals surface area contributed by atoms with E-state index in [1.54, 1.807) is 0 Å². The molecule has 24 heavy (non-hydrogen) atoms. The van der Waals surface area contributed by atoms with Crippen molar-refractivity contribution in [3.05, 3.63) is 70.8 Å². The molecule has 1 unspecified atom stereocenters. The average Bonchev–Trinajstić information content (AvgIpc) is 2.55. The van der Waals surface area contributed by atoms with Crippen LogP contribution in [0.3, 0.4) is 0 Å². The Labute approximate surface area is 149 Å². The SMILES string of the molecule is CC(C)=CCCC(C)=CCCC(C)=CCNC(C)c1ccccc1. The number of hydrogen-bond acceptors (Lipinski definition) is 1. The van der Waals surface area contributed by atoms with Crippen LogP contribution in [0, 0.1) is 0 Å². The van der Waals surface area contributed by atoms with Crippen molar-refractivity contribution in [3.8, 4) is 0 Å². The second kappa shape index (κ2) is 11.9. The molecule has 0 aromatic heterocycles. The summed E-state index contributed by atoms with van der Waals surface area (Å²) in [4.78, 5) is 0. The Kier molecular flexibility index (Phi) is 10.1. The van der Waals surface area contributed by atoms with Gasteiger partial charge in [0.25, 0.3) is 0 Å². The fraction of sp³-hybridized carbons (Fsp3) is 0.478. The Bertz CT molecular complexity index is 545. The van der Waals surface area contributed by atoms with E-state index in [-0.39, 0.29) is 0 Å². The van der Waals surface area contributed by atoms with Gasteiger partial charge in [0.15, 0.2) is 0 Å². The highest BCUT2D eigenvalue weighted by atomic mass is 14.9. The minimum Gasteiger partial charge on any atom is -0.307 e. The number of hydrogen-bond donors (Lipinski definition) is 1. The van der Waals surface area contributed by atoms with E-state index in [9.17, 15) is 0 Å². The van der Waals surface area contributed by atoms with Crippen LogP contribution in [0.4, 0.5) is 0 Å². The zero-order valence-electron chi connectivity index (χ0n) is 16.2. The number of benzene rings is 1. The van der Waals surface area contributed by atoms with Gasteiger partial charge in [0, 0.05) is 12.6 Å². The Balaban J connectivity index is 2.26. The standard InChI is InChI=1S/C23H35N/c1-19(2)11-9-12-20(3)13-10-14-21(4)17-18-24-22(5)23-15-7-6-8-16-23/h6-8,11,13,15-17,22,24H,9-10,12,14,18H2,1-5H3. The summed E-state index contributed by atoms with van der Waals surface area (Å²) in [7, 11) is 0. The monoisotopic (exact) mass is 325 g/mol. The average molecular weight is 326 g/mol. The highest BCUT2D eigenvalue weighted by molar-refractivity contribution is 5.18. The van der Waals surface area contributed by atoms with Crippen molar-refractivity contribution in [2.75, 3.05) is 6.54 Å². The molecule has 0 bridgehead atoms. The van der Waals surface area contributed by atoms with Crippen molar-refractivity contribution in [2.45, 2.75) is 66.3 Å². The smallest absolute Gasteiger partial charge is 0.0294 e. The molecule has 0 spiro atoms. The third-order valence-corrected chi connectivity index (χ3v) is 4.30. The molecule has 1 heteroatoms. The molecule has 1 rings (SSSR count). The van der Waals surface area contributed by atoms with Crippen LogP contribution in [0.25, 0.3) is 0 Å². The largest absolute Gasteiger partial charge is 0.307 e. The Hall–Kier alpha value is -1.60. The lowest BCUT2D eigenvalue weighted by atomic mass is 10.1. The number of rotatable bonds is 10. The van der Waals surface area contributed by atoms with E-state index in [0.717, 1.165) is 19.4 Å². The van der Waals surface area contributed by atoms with Gasteiger partial charge in [-0.1, -0.05) is 65.3 Å². The predicted octanol–water partition coefficient (Wildman–Crippen LogP) is 6.76. The van der Waals surface area contributed by atoms with Crippen LogP contribution in [-0.2, 0) is 0 Å². The lowest BCUT2D eigenvalue weighted by Crippen LogP contribution is -2.18. The summed E-state index contributed by atoms with van der Waals surface area (Å²) in [5, 5.41) is 3.57. The Morgan fingerprint density at radius 2 is 1.46 bits per heavy atom. The number of allylic oxidation sites excluding steroid dienone is 5. The van der Waals surface area contributed by atoms with Crippen LogP contribution in [0.5, 0.6) is 0 Å². The summed E-state index contributed by atoms with van der Waals surface area (Å²) in [6.07, 6.45) is 11.7. The van der Waals surface area contributed by atoms with Gasteiger partial charge in [0.05, 0.1) is 0 Å². The molecule has 0 amide bonds. The van der Waals surface area contributed by atoms with Gasteiger partial charge in [0.1, 0.15) is 0 Å². The van der Waals surface area contributed by atoms with Crippen molar-refractivity contribution >= 4 is 0 Å². The highest BCUT2D eigenvalue weighted by Crippen LogP contribution is 2.13. The van der Waals surface area contributed by atoms with Crippen molar-refractivity contribution in [1.82, 2.24) is 5.32 Å². The quantitative estimate of drug-likeness (QED) is 0.469. The molecule has 1 aromatic carbocycles. The first-order valence-corrected chi connectivity index (χ1v) is 9.22. The van der Waals surface area contributed by atoms with Gasteiger partial charge in [-0.05, 0) is 65.9 Å². The molecule has 1 atom stereocenters. The summed E-state index contributed by atoms with van der Waals surface area (Å²) < 4.78 is 0. The summed E-state index contributed by atoms with van der Waals surface area (Å²) in [6.45, 7) is 12.0. The predicted molar refractivity (Wildman–Crippen MR) is 108 cm³/mol. The van der Waals surface area contributed by atoms with Gasteiger partial charge in [-0.3, -0.25) is 0 Å². The van der Waals surface area contributed by atoms with Crippen molar-refractivity contribution < 1.29 is 0 Å². The summed E-state index contributed by atoms with van der Waals surface area (Å²) in [5.74, 6) is 0. The molecule has 0 fully saturated rings. The Morgan fingerprint density at radius 1 is 0.875 bits per heavy atom. The molecule has 1 aromatic rings. The third kappa shape index (κ3) is 9.52. The third-order valence-electron chi connectivity index (χ3n) is 4.30. The molecular formula is C23H35N. The zero-order valence-corrected chi connectivity index (χ0v) is 16.2. The van der Waals surface area contributed by atoms with E-state index in [2.05, 4.69) is 88.5 Å². The molecule has 0 heterocycles. The van der Waals surface area contributed by atoms with E-state index in [1.165, 1.54) is 35.1 Å². The topological polar surface area (TPSA) is 12.0 Å². The molecular weight excluding hydrogens is 290 g/mol. The van der Waals surface area contributed by atoms with Gasteiger partial charge in [-0.25, -0.2) is 0 Å². The first-order valence-electron chi connectivity index (χ1n) is 9.22. The minimum atomic E-state index is 0.396. The number of nitrogens with one attached hydrogen (secondary N) is 1. The van der Waals surface area contributed by atoms with Gasteiger partial charge in [-0.15, -0.1) is 0 Å².